The van der Waals surface area contributed by atoms with E-state index in [4.69, 9.17) is 0 Å². The zero-order chi connectivity index (χ0) is 15.0. The SMILES string of the molecule is Cc1cc(C)cc(NC(=O)n2ncc3ccc(C)cc32)c1. The van der Waals surface area contributed by atoms with Crippen LogP contribution in [0.1, 0.15) is 16.7 Å². The molecule has 0 spiro atoms. The molecule has 1 aromatic heterocycles. The molecule has 0 bridgehead atoms. The second kappa shape index (κ2) is 5.05. The standard InChI is InChI=1S/C17H17N3O/c1-11-4-5-14-10-18-20(16(14)9-11)17(21)19-15-7-12(2)6-13(3)8-15/h4-10H,1-3H3,(H,19,21). The maximum atomic E-state index is 12.4. The van der Waals surface area contributed by atoms with Crippen LogP contribution in [-0.2, 0) is 0 Å². The van der Waals surface area contributed by atoms with E-state index in [2.05, 4.69) is 16.5 Å². The molecule has 3 aromatic rings. The molecule has 0 atom stereocenters. The molecule has 106 valence electrons. The van der Waals surface area contributed by atoms with Gasteiger partial charge in [-0.15, -0.1) is 0 Å². The van der Waals surface area contributed by atoms with E-state index < -0.39 is 0 Å². The largest absolute Gasteiger partial charge is 0.347 e. The topological polar surface area (TPSA) is 46.9 Å². The molecule has 0 aliphatic carbocycles. The molecule has 21 heavy (non-hydrogen) atoms. The van der Waals surface area contributed by atoms with Gasteiger partial charge in [-0.25, -0.2) is 4.79 Å². The second-order valence-electron chi connectivity index (χ2n) is 5.43. The zero-order valence-corrected chi connectivity index (χ0v) is 12.3. The van der Waals surface area contributed by atoms with E-state index in [1.165, 1.54) is 4.68 Å². The number of carbonyl (C=O) groups is 1. The number of nitrogens with one attached hydrogen (secondary N) is 1. The van der Waals surface area contributed by atoms with Crippen molar-refractivity contribution in [3.8, 4) is 0 Å². The number of aromatic nitrogens is 2. The Labute approximate surface area is 123 Å². The highest BCUT2D eigenvalue weighted by atomic mass is 16.2. The van der Waals surface area contributed by atoms with Crippen LogP contribution in [0.5, 0.6) is 0 Å². The molecule has 2 aromatic carbocycles. The van der Waals surface area contributed by atoms with Gasteiger partial charge in [0.2, 0.25) is 0 Å². The Hall–Kier alpha value is -2.62. The van der Waals surface area contributed by atoms with E-state index in [-0.39, 0.29) is 6.03 Å². The maximum absolute atomic E-state index is 12.4. The summed E-state index contributed by atoms with van der Waals surface area (Å²) in [4.78, 5) is 12.4. The van der Waals surface area contributed by atoms with E-state index in [1.54, 1.807) is 6.20 Å². The van der Waals surface area contributed by atoms with Gasteiger partial charge in [0.1, 0.15) is 0 Å². The number of anilines is 1. The minimum absolute atomic E-state index is 0.249. The van der Waals surface area contributed by atoms with Crippen LogP contribution in [0.4, 0.5) is 10.5 Å². The lowest BCUT2D eigenvalue weighted by Gasteiger charge is -2.08. The molecule has 1 amide bonds. The molecule has 0 saturated carbocycles. The highest BCUT2D eigenvalue weighted by Gasteiger charge is 2.11. The van der Waals surface area contributed by atoms with Gasteiger partial charge in [-0.3, -0.25) is 0 Å². The first-order valence-electron chi connectivity index (χ1n) is 6.87. The summed E-state index contributed by atoms with van der Waals surface area (Å²) in [7, 11) is 0. The number of nitrogens with zero attached hydrogens (tertiary/aromatic N) is 2. The number of hydrogen-bond donors (Lipinski definition) is 1. The molecule has 0 unspecified atom stereocenters. The Morgan fingerprint density at radius 1 is 1.00 bits per heavy atom. The quantitative estimate of drug-likeness (QED) is 0.730. The average molecular weight is 279 g/mol. The van der Waals surface area contributed by atoms with Crippen molar-refractivity contribution < 1.29 is 4.79 Å². The molecule has 4 nitrogen and oxygen atoms in total. The van der Waals surface area contributed by atoms with Crippen LogP contribution in [0.3, 0.4) is 0 Å². The van der Waals surface area contributed by atoms with Crippen LogP contribution in [0, 0.1) is 20.8 Å². The van der Waals surface area contributed by atoms with Crippen molar-refractivity contribution in [2.45, 2.75) is 20.8 Å². The first kappa shape index (κ1) is 13.4. The van der Waals surface area contributed by atoms with E-state index >= 15 is 0 Å². The zero-order valence-electron chi connectivity index (χ0n) is 12.3. The smallest absolute Gasteiger partial charge is 0.306 e. The molecule has 0 fully saturated rings. The third-order valence-corrected chi connectivity index (χ3v) is 3.39. The number of benzene rings is 2. The van der Waals surface area contributed by atoms with Gasteiger partial charge in [-0.1, -0.05) is 18.2 Å². The third-order valence-electron chi connectivity index (χ3n) is 3.39. The van der Waals surface area contributed by atoms with E-state index in [0.717, 1.165) is 33.3 Å². The van der Waals surface area contributed by atoms with Crippen molar-refractivity contribution in [1.29, 1.82) is 0 Å². The lowest BCUT2D eigenvalue weighted by molar-refractivity contribution is 0.252. The Balaban J connectivity index is 1.95. The van der Waals surface area contributed by atoms with Crippen molar-refractivity contribution >= 4 is 22.6 Å². The van der Waals surface area contributed by atoms with Gasteiger partial charge in [0.05, 0.1) is 11.7 Å². The fourth-order valence-corrected chi connectivity index (χ4v) is 2.51. The number of carbonyl (C=O) groups excluding carboxylic acids is 1. The predicted octanol–water partition coefficient (Wildman–Crippen LogP) is 4.04. The summed E-state index contributed by atoms with van der Waals surface area (Å²) in [6.07, 6.45) is 1.70. The highest BCUT2D eigenvalue weighted by molar-refractivity contribution is 5.97. The fourth-order valence-electron chi connectivity index (χ4n) is 2.51. The van der Waals surface area contributed by atoms with Crippen LogP contribution < -0.4 is 5.32 Å². The molecule has 0 radical (unpaired) electrons. The predicted molar refractivity (Wildman–Crippen MR) is 84.8 cm³/mol. The molecular weight excluding hydrogens is 262 g/mol. The van der Waals surface area contributed by atoms with Crippen molar-refractivity contribution in [2.24, 2.45) is 0 Å². The summed E-state index contributed by atoms with van der Waals surface area (Å²) in [6, 6.07) is 11.7. The summed E-state index contributed by atoms with van der Waals surface area (Å²) in [5.74, 6) is 0. The monoisotopic (exact) mass is 279 g/mol. The maximum Gasteiger partial charge on any atom is 0.347 e. The molecule has 0 aliphatic rings. The van der Waals surface area contributed by atoms with E-state index in [9.17, 15) is 4.79 Å². The van der Waals surface area contributed by atoms with Gasteiger partial charge in [0.15, 0.2) is 0 Å². The molecule has 1 N–H and O–H groups in total. The summed E-state index contributed by atoms with van der Waals surface area (Å²) < 4.78 is 1.40. The van der Waals surface area contributed by atoms with Crippen LogP contribution in [0.15, 0.2) is 42.6 Å². The molecule has 4 heteroatoms. The molecule has 3 rings (SSSR count). The Morgan fingerprint density at radius 2 is 1.71 bits per heavy atom. The van der Waals surface area contributed by atoms with Gasteiger partial charge >= 0.3 is 6.03 Å². The third kappa shape index (κ3) is 2.65. The number of aryl methyl sites for hydroxylation is 3. The molecule has 1 heterocycles. The first-order chi connectivity index (χ1) is 10.0. The summed E-state index contributed by atoms with van der Waals surface area (Å²) in [5.41, 5.74) is 4.94. The van der Waals surface area contributed by atoms with Crippen LogP contribution in [0.25, 0.3) is 10.9 Å². The van der Waals surface area contributed by atoms with Crippen LogP contribution >= 0.6 is 0 Å². The van der Waals surface area contributed by atoms with Crippen molar-refractivity contribution in [3.63, 3.8) is 0 Å². The minimum atomic E-state index is -0.249. The van der Waals surface area contributed by atoms with Gasteiger partial charge in [0, 0.05) is 11.1 Å². The number of hydrogen-bond acceptors (Lipinski definition) is 2. The minimum Gasteiger partial charge on any atom is -0.306 e. The fraction of sp³-hybridized carbons (Fsp3) is 0.176. The van der Waals surface area contributed by atoms with Crippen LogP contribution in [0.2, 0.25) is 0 Å². The van der Waals surface area contributed by atoms with Gasteiger partial charge < -0.3 is 5.32 Å². The van der Waals surface area contributed by atoms with E-state index in [0.29, 0.717) is 0 Å². The van der Waals surface area contributed by atoms with Crippen LogP contribution in [-0.4, -0.2) is 15.8 Å². The molecule has 0 saturated heterocycles. The Morgan fingerprint density at radius 3 is 2.43 bits per heavy atom. The second-order valence-corrected chi connectivity index (χ2v) is 5.43. The number of rotatable bonds is 1. The average Bonchev–Trinajstić information content (AvgIpc) is 2.80. The Bertz CT molecular complexity index is 813. The van der Waals surface area contributed by atoms with Gasteiger partial charge in [0.25, 0.3) is 0 Å². The highest BCUT2D eigenvalue weighted by Crippen LogP contribution is 2.17. The first-order valence-corrected chi connectivity index (χ1v) is 6.87. The lowest BCUT2D eigenvalue weighted by Crippen LogP contribution is -2.20. The summed E-state index contributed by atoms with van der Waals surface area (Å²) in [6.45, 7) is 6.02. The lowest BCUT2D eigenvalue weighted by atomic mass is 10.1. The van der Waals surface area contributed by atoms with Crippen molar-refractivity contribution in [1.82, 2.24) is 9.78 Å². The molecule has 0 aliphatic heterocycles. The summed E-state index contributed by atoms with van der Waals surface area (Å²) >= 11 is 0. The van der Waals surface area contributed by atoms with E-state index in [1.807, 2.05) is 51.1 Å². The summed E-state index contributed by atoms with van der Waals surface area (Å²) in [5, 5.41) is 8.04. The number of fused-ring (bicyclic) bond motifs is 1. The van der Waals surface area contributed by atoms with Crippen molar-refractivity contribution in [2.75, 3.05) is 5.32 Å². The van der Waals surface area contributed by atoms with Gasteiger partial charge in [-0.05, 0) is 55.7 Å². The van der Waals surface area contributed by atoms with Crippen molar-refractivity contribution in [3.05, 3.63) is 59.3 Å². The Kier molecular flexibility index (Phi) is 3.22. The van der Waals surface area contributed by atoms with Gasteiger partial charge in [-0.2, -0.15) is 9.78 Å². The number of amides is 1. The molecular formula is C17H17N3O. The normalized spacial score (nSPS) is 10.8.